The second-order valence-corrected chi connectivity index (χ2v) is 5.86. The molecule has 1 N–H and O–H groups in total. The highest BCUT2D eigenvalue weighted by Crippen LogP contribution is 2.28. The van der Waals surface area contributed by atoms with Crippen molar-refractivity contribution < 1.29 is 23.2 Å². The lowest BCUT2D eigenvalue weighted by Crippen LogP contribution is -2.41. The van der Waals surface area contributed by atoms with Crippen molar-refractivity contribution in [2.75, 3.05) is 6.54 Å². The Balaban J connectivity index is 1.83. The summed E-state index contributed by atoms with van der Waals surface area (Å²) in [5, 5.41) is 2.57. The molecule has 0 aromatic heterocycles. The number of imide groups is 1. The number of carbonyl (C=O) groups excluding carboxylic acids is 3. The van der Waals surface area contributed by atoms with Gasteiger partial charge in [0.05, 0.1) is 6.54 Å². The van der Waals surface area contributed by atoms with Gasteiger partial charge < -0.3 is 5.32 Å². The highest BCUT2D eigenvalue weighted by Gasteiger charge is 2.49. The summed E-state index contributed by atoms with van der Waals surface area (Å²) in [7, 11) is 0. The first-order valence-electron chi connectivity index (χ1n) is 7.51. The molecule has 0 radical (unpaired) electrons. The van der Waals surface area contributed by atoms with Crippen LogP contribution in [-0.2, 0) is 10.3 Å². The van der Waals surface area contributed by atoms with Crippen LogP contribution in [0.15, 0.2) is 48.5 Å². The van der Waals surface area contributed by atoms with Gasteiger partial charge in [0.25, 0.3) is 5.91 Å². The summed E-state index contributed by atoms with van der Waals surface area (Å²) in [5.74, 6) is -3.50. The van der Waals surface area contributed by atoms with E-state index in [0.29, 0.717) is 5.56 Å². The first-order valence-corrected chi connectivity index (χ1v) is 7.51. The van der Waals surface area contributed by atoms with Crippen LogP contribution in [0.4, 0.5) is 13.6 Å². The number of carbonyl (C=O) groups is 3. The van der Waals surface area contributed by atoms with Gasteiger partial charge in [-0.15, -0.1) is 0 Å². The number of hydrogen-bond acceptors (Lipinski definition) is 3. The first-order chi connectivity index (χ1) is 11.8. The molecule has 0 unspecified atom stereocenters. The van der Waals surface area contributed by atoms with Crippen molar-refractivity contribution >= 4 is 17.7 Å². The van der Waals surface area contributed by atoms with Gasteiger partial charge in [-0.25, -0.2) is 13.6 Å². The normalized spacial score (nSPS) is 19.9. The Bertz CT molecular complexity index is 870. The molecule has 2 aromatic rings. The van der Waals surface area contributed by atoms with Crippen molar-refractivity contribution in [3.8, 4) is 0 Å². The first kappa shape index (κ1) is 16.8. The number of Topliss-reactive ketones (excluding diaryl/α,β-unsaturated/α-hetero) is 1. The fourth-order valence-electron chi connectivity index (χ4n) is 2.71. The van der Waals surface area contributed by atoms with E-state index in [-0.39, 0.29) is 5.56 Å². The van der Waals surface area contributed by atoms with Crippen LogP contribution in [0.3, 0.4) is 0 Å². The van der Waals surface area contributed by atoms with Crippen LogP contribution in [-0.4, -0.2) is 29.2 Å². The van der Waals surface area contributed by atoms with E-state index in [1.54, 1.807) is 37.3 Å². The number of ketones is 1. The fraction of sp³-hybridized carbons (Fsp3) is 0.167. The lowest BCUT2D eigenvalue weighted by atomic mass is 9.92. The molecule has 7 heteroatoms. The van der Waals surface area contributed by atoms with Crippen molar-refractivity contribution in [3.05, 3.63) is 71.3 Å². The maximum Gasteiger partial charge on any atom is 0.325 e. The molecule has 3 amide bonds. The van der Waals surface area contributed by atoms with E-state index in [9.17, 15) is 23.2 Å². The second-order valence-electron chi connectivity index (χ2n) is 5.86. The SMILES string of the molecule is C[C@@]1(c2ccccc2)NC(=O)N(CC(=O)c2ccc(F)c(F)c2)C1=O. The fourth-order valence-corrected chi connectivity index (χ4v) is 2.71. The van der Waals surface area contributed by atoms with Crippen LogP contribution in [0.5, 0.6) is 0 Å². The monoisotopic (exact) mass is 344 g/mol. The standard InChI is InChI=1S/C18H14F2N2O3/c1-18(12-5-3-2-4-6-12)16(24)22(17(25)21-18)10-15(23)11-7-8-13(19)14(20)9-11/h2-9H,10H2,1H3,(H,21,25)/t18-/m0/s1. The Morgan fingerprint density at radius 1 is 1.08 bits per heavy atom. The van der Waals surface area contributed by atoms with E-state index in [1.807, 2.05) is 0 Å². The molecule has 1 aliphatic heterocycles. The van der Waals surface area contributed by atoms with Gasteiger partial charge in [-0.2, -0.15) is 0 Å². The molecular formula is C18H14F2N2O3. The molecule has 1 fully saturated rings. The smallest absolute Gasteiger partial charge is 0.319 e. The average molecular weight is 344 g/mol. The third-order valence-electron chi connectivity index (χ3n) is 4.17. The third kappa shape index (κ3) is 2.88. The summed E-state index contributed by atoms with van der Waals surface area (Å²) in [6.45, 7) is 0.989. The Morgan fingerprint density at radius 3 is 2.40 bits per heavy atom. The van der Waals surface area contributed by atoms with Gasteiger partial charge in [-0.1, -0.05) is 30.3 Å². The van der Waals surface area contributed by atoms with Crippen molar-refractivity contribution in [2.24, 2.45) is 0 Å². The number of urea groups is 1. The van der Waals surface area contributed by atoms with Gasteiger partial charge in [0.15, 0.2) is 17.4 Å². The molecule has 25 heavy (non-hydrogen) atoms. The largest absolute Gasteiger partial charge is 0.325 e. The van der Waals surface area contributed by atoms with Crippen LogP contribution in [0, 0.1) is 11.6 Å². The number of nitrogens with zero attached hydrogens (tertiary/aromatic N) is 1. The number of halogens is 2. The molecule has 2 aromatic carbocycles. The summed E-state index contributed by atoms with van der Waals surface area (Å²) in [5.41, 5.74) is -0.823. The summed E-state index contributed by atoms with van der Waals surface area (Å²) in [6, 6.07) is 10.6. The van der Waals surface area contributed by atoms with Gasteiger partial charge in [-0.05, 0) is 30.7 Å². The highest BCUT2D eigenvalue weighted by atomic mass is 19.2. The maximum atomic E-state index is 13.3. The van der Waals surface area contributed by atoms with Gasteiger partial charge in [0.2, 0.25) is 0 Å². The summed E-state index contributed by atoms with van der Waals surface area (Å²) in [6.07, 6.45) is 0. The van der Waals surface area contributed by atoms with Crippen LogP contribution >= 0.6 is 0 Å². The van der Waals surface area contributed by atoms with E-state index in [1.165, 1.54) is 0 Å². The zero-order valence-corrected chi connectivity index (χ0v) is 13.3. The van der Waals surface area contributed by atoms with E-state index < -0.39 is 41.4 Å². The molecule has 3 rings (SSSR count). The zero-order valence-electron chi connectivity index (χ0n) is 13.3. The summed E-state index contributed by atoms with van der Waals surface area (Å²) >= 11 is 0. The van der Waals surface area contributed by atoms with Crippen LogP contribution < -0.4 is 5.32 Å². The lowest BCUT2D eigenvalue weighted by Gasteiger charge is -2.22. The van der Waals surface area contributed by atoms with E-state index in [0.717, 1.165) is 23.1 Å². The van der Waals surface area contributed by atoms with Crippen molar-refractivity contribution in [1.29, 1.82) is 0 Å². The van der Waals surface area contributed by atoms with Gasteiger partial charge >= 0.3 is 6.03 Å². The molecule has 0 spiro atoms. The molecule has 0 aliphatic carbocycles. The highest BCUT2D eigenvalue weighted by molar-refractivity contribution is 6.11. The summed E-state index contributed by atoms with van der Waals surface area (Å²) < 4.78 is 26.2. The van der Waals surface area contributed by atoms with E-state index >= 15 is 0 Å². The molecule has 1 saturated heterocycles. The van der Waals surface area contributed by atoms with Crippen molar-refractivity contribution in [3.63, 3.8) is 0 Å². The van der Waals surface area contributed by atoms with Crippen molar-refractivity contribution in [1.82, 2.24) is 10.2 Å². The molecule has 1 atom stereocenters. The minimum Gasteiger partial charge on any atom is -0.319 e. The second kappa shape index (κ2) is 6.08. The number of nitrogens with one attached hydrogen (secondary N) is 1. The number of amides is 3. The lowest BCUT2D eigenvalue weighted by molar-refractivity contribution is -0.130. The molecule has 1 aliphatic rings. The minimum atomic E-state index is -1.29. The maximum absolute atomic E-state index is 13.3. The predicted octanol–water partition coefficient (Wildman–Crippen LogP) is 2.61. The van der Waals surface area contributed by atoms with Crippen LogP contribution in [0.25, 0.3) is 0 Å². The topological polar surface area (TPSA) is 66.5 Å². The molecular weight excluding hydrogens is 330 g/mol. The molecule has 0 saturated carbocycles. The van der Waals surface area contributed by atoms with Crippen LogP contribution in [0.1, 0.15) is 22.8 Å². The van der Waals surface area contributed by atoms with Crippen molar-refractivity contribution in [2.45, 2.75) is 12.5 Å². The Morgan fingerprint density at radius 2 is 1.76 bits per heavy atom. The number of hydrogen-bond donors (Lipinski definition) is 1. The zero-order chi connectivity index (χ0) is 18.2. The molecule has 0 bridgehead atoms. The Labute approximate surface area is 142 Å². The van der Waals surface area contributed by atoms with Gasteiger partial charge in [0, 0.05) is 5.56 Å². The molecule has 5 nitrogen and oxygen atoms in total. The van der Waals surface area contributed by atoms with E-state index in [4.69, 9.17) is 0 Å². The number of rotatable bonds is 4. The van der Waals surface area contributed by atoms with Gasteiger partial charge in [-0.3, -0.25) is 14.5 Å². The van der Waals surface area contributed by atoms with Crippen LogP contribution in [0.2, 0.25) is 0 Å². The summed E-state index contributed by atoms with van der Waals surface area (Å²) in [4.78, 5) is 37.9. The van der Waals surface area contributed by atoms with Gasteiger partial charge in [0.1, 0.15) is 5.54 Å². The predicted molar refractivity (Wildman–Crippen MR) is 84.7 cm³/mol. The molecule has 1 heterocycles. The minimum absolute atomic E-state index is 0.118. The van der Waals surface area contributed by atoms with E-state index in [2.05, 4.69) is 5.32 Å². The molecule has 128 valence electrons. The Hall–Kier alpha value is -3.09. The quantitative estimate of drug-likeness (QED) is 0.685. The number of benzene rings is 2. The third-order valence-corrected chi connectivity index (χ3v) is 4.17. The average Bonchev–Trinajstić information content (AvgIpc) is 2.82. The Kier molecular flexibility index (Phi) is 4.08.